The summed E-state index contributed by atoms with van der Waals surface area (Å²) in [4.78, 5) is 33.6. The fourth-order valence-electron chi connectivity index (χ4n) is 4.27. The lowest BCUT2D eigenvalue weighted by Gasteiger charge is -2.25. The summed E-state index contributed by atoms with van der Waals surface area (Å²) in [7, 11) is 0. The van der Waals surface area contributed by atoms with Crippen LogP contribution in [0.25, 0.3) is 0 Å². The van der Waals surface area contributed by atoms with Gasteiger partial charge < -0.3 is 9.80 Å². The molecule has 24 heavy (non-hydrogen) atoms. The second-order valence-electron chi connectivity index (χ2n) is 7.27. The molecule has 1 aromatic heterocycles. The highest BCUT2D eigenvalue weighted by atomic mass is 16.2. The summed E-state index contributed by atoms with van der Waals surface area (Å²) in [6.45, 7) is 2.72. The molecule has 2 amide bonds. The molecule has 3 heterocycles. The summed E-state index contributed by atoms with van der Waals surface area (Å²) in [5, 5.41) is 0. The van der Waals surface area contributed by atoms with Gasteiger partial charge in [0.2, 0.25) is 11.8 Å². The van der Waals surface area contributed by atoms with Crippen molar-refractivity contribution in [3.05, 3.63) is 42.2 Å². The molecule has 0 radical (unpaired) electrons. The van der Waals surface area contributed by atoms with E-state index in [1.165, 1.54) is 0 Å². The Hall–Kier alpha value is -2.17. The maximum Gasteiger partial charge on any atom is 0.231 e. The molecule has 2 fully saturated rings. The zero-order valence-electron chi connectivity index (χ0n) is 13.9. The van der Waals surface area contributed by atoms with Crippen LogP contribution in [0.15, 0.2) is 36.7 Å². The summed E-state index contributed by atoms with van der Waals surface area (Å²) in [5.74, 6) is 0.546. The molecule has 5 heteroatoms. The zero-order valence-corrected chi connectivity index (χ0v) is 13.9. The average molecular weight is 325 g/mol. The molecule has 1 aromatic rings. The van der Waals surface area contributed by atoms with Crippen molar-refractivity contribution in [2.24, 2.45) is 11.3 Å². The Labute approximate surface area is 142 Å². The van der Waals surface area contributed by atoms with Gasteiger partial charge in [-0.05, 0) is 37.3 Å². The Morgan fingerprint density at radius 3 is 2.79 bits per heavy atom. The van der Waals surface area contributed by atoms with Gasteiger partial charge in [0.05, 0.1) is 5.41 Å². The molecule has 1 atom stereocenters. The topological polar surface area (TPSA) is 53.5 Å². The number of likely N-dealkylation sites (tertiary alicyclic amines) is 2. The van der Waals surface area contributed by atoms with Crippen LogP contribution >= 0.6 is 0 Å². The number of allylic oxidation sites excluding steroid dienone is 2. The summed E-state index contributed by atoms with van der Waals surface area (Å²) in [5.41, 5.74) is 0.718. The summed E-state index contributed by atoms with van der Waals surface area (Å²) >= 11 is 0. The van der Waals surface area contributed by atoms with Crippen molar-refractivity contribution in [1.82, 2.24) is 14.8 Å². The Morgan fingerprint density at radius 1 is 1.25 bits per heavy atom. The van der Waals surface area contributed by atoms with E-state index in [9.17, 15) is 9.59 Å². The summed E-state index contributed by atoms with van der Waals surface area (Å²) < 4.78 is 0. The molecule has 1 spiro atoms. The molecule has 3 aliphatic rings. The number of nitrogens with zero attached hydrogens (tertiary/aromatic N) is 3. The number of carbonyl (C=O) groups excluding carboxylic acids is 2. The number of aromatic nitrogens is 1. The number of hydrogen-bond acceptors (Lipinski definition) is 3. The smallest absolute Gasteiger partial charge is 0.231 e. The summed E-state index contributed by atoms with van der Waals surface area (Å²) in [6.07, 6.45) is 11.1. The first kappa shape index (κ1) is 15.4. The van der Waals surface area contributed by atoms with Gasteiger partial charge in [0.25, 0.3) is 0 Å². The van der Waals surface area contributed by atoms with E-state index in [0.29, 0.717) is 13.1 Å². The van der Waals surface area contributed by atoms with Gasteiger partial charge in [-0.1, -0.05) is 18.2 Å². The van der Waals surface area contributed by atoms with Crippen LogP contribution in [0, 0.1) is 11.3 Å². The first-order valence-electron chi connectivity index (χ1n) is 8.80. The lowest BCUT2D eigenvalue weighted by molar-refractivity contribution is -0.138. The quantitative estimate of drug-likeness (QED) is 0.799. The number of hydrogen-bond donors (Lipinski definition) is 0. The Kier molecular flexibility index (Phi) is 3.87. The van der Waals surface area contributed by atoms with Crippen LogP contribution < -0.4 is 0 Å². The van der Waals surface area contributed by atoms with E-state index in [1.807, 2.05) is 28.1 Å². The van der Waals surface area contributed by atoms with Crippen LogP contribution in [0.2, 0.25) is 0 Å². The molecule has 126 valence electrons. The molecule has 0 bridgehead atoms. The largest absolute Gasteiger partial charge is 0.341 e. The summed E-state index contributed by atoms with van der Waals surface area (Å²) in [6, 6.07) is 3.90. The van der Waals surface area contributed by atoms with Gasteiger partial charge in [0.1, 0.15) is 0 Å². The van der Waals surface area contributed by atoms with Gasteiger partial charge in [-0.25, -0.2) is 0 Å². The molecule has 2 saturated heterocycles. The average Bonchev–Trinajstić information content (AvgIpc) is 3.34. The molecule has 0 unspecified atom stereocenters. The molecule has 0 saturated carbocycles. The fraction of sp³-hybridized carbons (Fsp3) is 0.526. The van der Waals surface area contributed by atoms with Gasteiger partial charge in [0, 0.05) is 44.5 Å². The SMILES string of the molecule is O=C(C1CC=CC1)N1CC[C@@]2(CCN(Cc3cccnc3)C2=O)C1. The maximum absolute atomic E-state index is 13.0. The van der Waals surface area contributed by atoms with Gasteiger partial charge in [-0.15, -0.1) is 0 Å². The Morgan fingerprint density at radius 2 is 2.04 bits per heavy atom. The van der Waals surface area contributed by atoms with E-state index in [1.54, 1.807) is 6.20 Å². The van der Waals surface area contributed by atoms with Crippen LogP contribution in [0.1, 0.15) is 31.2 Å². The predicted molar refractivity (Wildman–Crippen MR) is 89.8 cm³/mol. The molecular weight excluding hydrogens is 302 g/mol. The van der Waals surface area contributed by atoms with Crippen molar-refractivity contribution in [2.45, 2.75) is 32.2 Å². The van der Waals surface area contributed by atoms with Gasteiger partial charge in [-0.2, -0.15) is 0 Å². The van der Waals surface area contributed by atoms with Crippen LogP contribution in [0.5, 0.6) is 0 Å². The van der Waals surface area contributed by atoms with E-state index in [2.05, 4.69) is 17.1 Å². The lowest BCUT2D eigenvalue weighted by atomic mass is 9.85. The minimum absolute atomic E-state index is 0.100. The monoisotopic (exact) mass is 325 g/mol. The van der Waals surface area contributed by atoms with Crippen molar-refractivity contribution in [3.8, 4) is 0 Å². The third-order valence-corrected chi connectivity index (χ3v) is 5.72. The number of amides is 2. The minimum atomic E-state index is -0.343. The van der Waals surface area contributed by atoms with E-state index >= 15 is 0 Å². The maximum atomic E-state index is 13.0. The fourth-order valence-corrected chi connectivity index (χ4v) is 4.27. The van der Waals surface area contributed by atoms with E-state index < -0.39 is 0 Å². The minimum Gasteiger partial charge on any atom is -0.341 e. The van der Waals surface area contributed by atoms with Crippen LogP contribution in [-0.4, -0.2) is 46.2 Å². The molecule has 4 rings (SSSR count). The highest BCUT2D eigenvalue weighted by molar-refractivity contribution is 5.87. The Balaban J connectivity index is 1.41. The number of carbonyl (C=O) groups is 2. The lowest BCUT2D eigenvalue weighted by Crippen LogP contribution is -2.39. The molecule has 5 nitrogen and oxygen atoms in total. The molecule has 0 aromatic carbocycles. The first-order chi connectivity index (χ1) is 11.7. The standard InChI is InChI=1S/C19H23N3O2/c23-17(16-5-1-2-6-16)22-11-8-19(14-22)7-10-21(18(19)24)13-15-4-3-9-20-12-15/h1-4,9,12,16H,5-8,10-11,13-14H2/t19-/m0/s1. The molecule has 2 aliphatic heterocycles. The molecular formula is C19H23N3O2. The highest BCUT2D eigenvalue weighted by Gasteiger charge is 2.51. The van der Waals surface area contributed by atoms with Gasteiger partial charge in [0.15, 0.2) is 0 Å². The van der Waals surface area contributed by atoms with Crippen LogP contribution in [0.3, 0.4) is 0 Å². The highest BCUT2D eigenvalue weighted by Crippen LogP contribution is 2.42. The molecule has 1 aliphatic carbocycles. The second-order valence-corrected chi connectivity index (χ2v) is 7.27. The van der Waals surface area contributed by atoms with Crippen molar-refractivity contribution in [2.75, 3.05) is 19.6 Å². The zero-order chi connectivity index (χ0) is 16.6. The molecule has 0 N–H and O–H groups in total. The number of rotatable bonds is 3. The van der Waals surface area contributed by atoms with Gasteiger partial charge in [-0.3, -0.25) is 14.6 Å². The van der Waals surface area contributed by atoms with Crippen molar-refractivity contribution in [1.29, 1.82) is 0 Å². The van der Waals surface area contributed by atoms with Gasteiger partial charge >= 0.3 is 0 Å². The normalized spacial score (nSPS) is 26.9. The van der Waals surface area contributed by atoms with Crippen LogP contribution in [-0.2, 0) is 16.1 Å². The number of pyridine rings is 1. The predicted octanol–water partition coefficient (Wildman–Crippen LogP) is 2.00. The van der Waals surface area contributed by atoms with Crippen molar-refractivity contribution >= 4 is 11.8 Å². The van der Waals surface area contributed by atoms with Crippen LogP contribution in [0.4, 0.5) is 0 Å². The Bertz CT molecular complexity index is 664. The first-order valence-corrected chi connectivity index (χ1v) is 8.80. The second kappa shape index (κ2) is 6.04. The van der Waals surface area contributed by atoms with Crippen molar-refractivity contribution in [3.63, 3.8) is 0 Å². The van der Waals surface area contributed by atoms with Crippen molar-refractivity contribution < 1.29 is 9.59 Å². The van der Waals surface area contributed by atoms with E-state index in [4.69, 9.17) is 0 Å². The third kappa shape index (κ3) is 2.62. The third-order valence-electron chi connectivity index (χ3n) is 5.72. The van der Waals surface area contributed by atoms with E-state index in [-0.39, 0.29) is 23.1 Å². The van der Waals surface area contributed by atoms with E-state index in [0.717, 1.165) is 44.3 Å².